The lowest BCUT2D eigenvalue weighted by atomic mass is 10.3. The fraction of sp³-hybridized carbons (Fsp3) is 0.364. The minimum atomic E-state index is -4.28. The molecular formula is C11H14Cl2N2O6S2. The number of alkyl halides is 1. The van der Waals surface area contributed by atoms with Crippen molar-refractivity contribution in [1.29, 1.82) is 0 Å². The number of amides is 1. The number of benzene rings is 1. The van der Waals surface area contributed by atoms with Crippen molar-refractivity contribution >= 4 is 49.3 Å². The molecule has 0 unspecified atom stereocenters. The van der Waals surface area contributed by atoms with E-state index in [2.05, 4.69) is 0 Å². The molecule has 12 heteroatoms. The number of carbonyl (C=O) groups excluding carboxylic acids is 1. The highest BCUT2D eigenvalue weighted by Crippen LogP contribution is 2.19. The summed E-state index contributed by atoms with van der Waals surface area (Å²) in [7, 11) is -8.36. The molecule has 0 saturated heterocycles. The van der Waals surface area contributed by atoms with Gasteiger partial charge in [0, 0.05) is 17.4 Å². The van der Waals surface area contributed by atoms with Gasteiger partial charge in [-0.05, 0) is 24.3 Å². The van der Waals surface area contributed by atoms with Crippen molar-refractivity contribution < 1.29 is 26.4 Å². The Morgan fingerprint density at radius 3 is 2.00 bits per heavy atom. The summed E-state index contributed by atoms with van der Waals surface area (Å²) in [5.41, 5.74) is 0. The Kier molecular flexibility index (Phi) is 6.66. The summed E-state index contributed by atoms with van der Waals surface area (Å²) in [6.07, 6.45) is 0.000832. The summed E-state index contributed by atoms with van der Waals surface area (Å²) in [6, 6.07) is 5.49. The quantitative estimate of drug-likeness (QED) is 0.525. The molecule has 0 aliphatic heterocycles. The highest BCUT2D eigenvalue weighted by atomic mass is 35.5. The van der Waals surface area contributed by atoms with Crippen molar-refractivity contribution in [3.05, 3.63) is 29.3 Å². The second-order valence-corrected chi connectivity index (χ2v) is 8.84. The van der Waals surface area contributed by atoms with Gasteiger partial charge in [-0.2, -0.15) is 0 Å². The third-order valence-corrected chi connectivity index (χ3v) is 4.96. The van der Waals surface area contributed by atoms with Crippen molar-refractivity contribution in [2.24, 2.45) is 0 Å². The Morgan fingerprint density at radius 1 is 1.09 bits per heavy atom. The van der Waals surface area contributed by atoms with Gasteiger partial charge in [0.05, 0.1) is 12.5 Å². The Morgan fingerprint density at radius 2 is 1.61 bits per heavy atom. The summed E-state index contributed by atoms with van der Waals surface area (Å²) in [5, 5.41) is 0.379. The van der Waals surface area contributed by atoms with Gasteiger partial charge in [-0.15, -0.1) is 16.0 Å². The number of nitrogens with zero attached hydrogens (tertiary/aromatic N) is 2. The van der Waals surface area contributed by atoms with Gasteiger partial charge in [0.15, 0.2) is 0 Å². The number of sulfonamides is 2. The molecule has 130 valence electrons. The van der Waals surface area contributed by atoms with Crippen LogP contribution in [-0.2, 0) is 20.0 Å². The van der Waals surface area contributed by atoms with Crippen LogP contribution in [0, 0.1) is 0 Å². The number of hydrazine groups is 1. The minimum Gasteiger partial charge on any atom is -0.409 e. The topological polar surface area (TPSA) is 101 Å². The van der Waals surface area contributed by atoms with Gasteiger partial charge in [-0.3, -0.25) is 0 Å². The minimum absolute atomic E-state index is 0.00706. The monoisotopic (exact) mass is 404 g/mol. The normalized spacial score (nSPS) is 12.2. The molecule has 1 amide bonds. The zero-order chi connectivity index (χ0) is 17.8. The van der Waals surface area contributed by atoms with Gasteiger partial charge < -0.3 is 4.74 Å². The van der Waals surface area contributed by atoms with E-state index in [1.165, 1.54) is 24.3 Å². The van der Waals surface area contributed by atoms with Crippen LogP contribution >= 0.6 is 23.2 Å². The molecule has 0 heterocycles. The van der Waals surface area contributed by atoms with E-state index in [0.717, 1.165) is 6.26 Å². The Labute approximate surface area is 144 Å². The van der Waals surface area contributed by atoms with Crippen LogP contribution in [0.3, 0.4) is 0 Å². The SMILES string of the molecule is CS(=O)(=O)N(CCCl)N(C(=O)Oc1ccc(Cl)cc1)S(C)(=O)=O. The van der Waals surface area contributed by atoms with Crippen molar-refractivity contribution in [3.8, 4) is 5.75 Å². The van der Waals surface area contributed by atoms with Crippen LogP contribution in [0.2, 0.25) is 5.02 Å². The summed E-state index contributed by atoms with van der Waals surface area (Å²) < 4.78 is 52.4. The van der Waals surface area contributed by atoms with Gasteiger partial charge in [0.1, 0.15) is 5.75 Å². The first-order chi connectivity index (χ1) is 10.5. The molecule has 0 N–H and O–H groups in total. The molecule has 8 nitrogen and oxygen atoms in total. The van der Waals surface area contributed by atoms with E-state index in [0.29, 0.717) is 15.7 Å². The molecule has 0 aliphatic rings. The number of halogens is 2. The lowest BCUT2D eigenvalue weighted by molar-refractivity contribution is 0.125. The maximum Gasteiger partial charge on any atom is 0.445 e. The van der Waals surface area contributed by atoms with Crippen LogP contribution < -0.4 is 4.74 Å². The molecule has 0 saturated carbocycles. The molecule has 1 rings (SSSR count). The molecule has 0 atom stereocenters. The van der Waals surface area contributed by atoms with E-state index in [9.17, 15) is 21.6 Å². The van der Waals surface area contributed by atoms with Gasteiger partial charge >= 0.3 is 6.09 Å². The second kappa shape index (κ2) is 7.67. The average Bonchev–Trinajstić information content (AvgIpc) is 2.38. The fourth-order valence-corrected chi connectivity index (χ4v) is 4.09. The van der Waals surface area contributed by atoms with Crippen molar-refractivity contribution in [2.45, 2.75) is 0 Å². The van der Waals surface area contributed by atoms with E-state index in [4.69, 9.17) is 27.9 Å². The van der Waals surface area contributed by atoms with E-state index < -0.39 is 32.7 Å². The molecule has 23 heavy (non-hydrogen) atoms. The molecule has 0 fully saturated rings. The second-order valence-electron chi connectivity index (χ2n) is 4.33. The van der Waals surface area contributed by atoms with Gasteiger partial charge in [-0.1, -0.05) is 16.0 Å². The summed E-state index contributed by atoms with van der Waals surface area (Å²) >= 11 is 11.2. The molecule has 1 aromatic rings. The largest absolute Gasteiger partial charge is 0.445 e. The van der Waals surface area contributed by atoms with Gasteiger partial charge in [0.25, 0.3) is 10.0 Å². The number of hydrogen-bond donors (Lipinski definition) is 0. The lowest BCUT2D eigenvalue weighted by Gasteiger charge is -2.29. The summed E-state index contributed by atoms with van der Waals surface area (Å²) in [4.78, 5) is 12.1. The molecule has 0 aliphatic carbocycles. The highest BCUT2D eigenvalue weighted by Gasteiger charge is 2.37. The van der Waals surface area contributed by atoms with E-state index >= 15 is 0 Å². The zero-order valence-electron chi connectivity index (χ0n) is 12.1. The maximum absolute atomic E-state index is 12.1. The first-order valence-corrected chi connectivity index (χ1v) is 10.6. The van der Waals surface area contributed by atoms with Crippen molar-refractivity contribution in [1.82, 2.24) is 8.83 Å². The predicted molar refractivity (Wildman–Crippen MR) is 86.4 cm³/mol. The number of carbonyl (C=O) groups is 1. The van der Waals surface area contributed by atoms with E-state index in [1.807, 2.05) is 0 Å². The molecular weight excluding hydrogens is 391 g/mol. The standard InChI is InChI=1S/C11H14Cl2N2O6S2/c1-22(17,18)14(8-7-12)15(23(2,19)20)11(16)21-10-5-3-9(13)4-6-10/h3-6H,7-8H2,1-2H3. The number of rotatable bonds is 6. The van der Waals surface area contributed by atoms with E-state index in [-0.39, 0.29) is 16.0 Å². The molecule has 0 radical (unpaired) electrons. The third-order valence-electron chi connectivity index (χ3n) is 2.35. The smallest absolute Gasteiger partial charge is 0.409 e. The molecule has 0 aromatic heterocycles. The Hall–Kier alpha value is -1.07. The van der Waals surface area contributed by atoms with Crippen molar-refractivity contribution in [3.63, 3.8) is 0 Å². The zero-order valence-corrected chi connectivity index (χ0v) is 15.3. The molecule has 0 spiro atoms. The van der Waals surface area contributed by atoms with Crippen LogP contribution in [0.4, 0.5) is 4.79 Å². The maximum atomic E-state index is 12.1. The number of hydrogen-bond acceptors (Lipinski definition) is 6. The highest BCUT2D eigenvalue weighted by molar-refractivity contribution is 7.91. The van der Waals surface area contributed by atoms with Crippen LogP contribution in [0.1, 0.15) is 0 Å². The molecule has 1 aromatic carbocycles. The fourth-order valence-electron chi connectivity index (χ4n) is 1.50. The van der Waals surface area contributed by atoms with Crippen LogP contribution in [0.25, 0.3) is 0 Å². The summed E-state index contributed by atoms with van der Waals surface area (Å²) in [5.74, 6) is -0.236. The van der Waals surface area contributed by atoms with Crippen LogP contribution in [0.15, 0.2) is 24.3 Å². The summed E-state index contributed by atoms with van der Waals surface area (Å²) in [6.45, 7) is -0.427. The predicted octanol–water partition coefficient (Wildman–Crippen LogP) is 1.52. The Balaban J connectivity index is 3.20. The van der Waals surface area contributed by atoms with Crippen LogP contribution in [0.5, 0.6) is 5.75 Å². The average molecular weight is 405 g/mol. The number of ether oxygens (including phenoxy) is 1. The third kappa shape index (κ3) is 5.81. The van der Waals surface area contributed by atoms with Crippen molar-refractivity contribution in [2.75, 3.05) is 24.9 Å². The first kappa shape index (κ1) is 20.0. The van der Waals surface area contributed by atoms with E-state index in [1.54, 1.807) is 0 Å². The van der Waals surface area contributed by atoms with Crippen LogP contribution in [-0.4, -0.2) is 56.7 Å². The Bertz CT molecular complexity index is 764. The lowest BCUT2D eigenvalue weighted by Crippen LogP contribution is -2.53. The van der Waals surface area contributed by atoms with Gasteiger partial charge in [-0.25, -0.2) is 21.6 Å². The molecule has 0 bridgehead atoms. The van der Waals surface area contributed by atoms with Gasteiger partial charge in [0.2, 0.25) is 10.0 Å². The first-order valence-electron chi connectivity index (χ1n) is 5.98.